The number of carbonyl (C=O) groups excluding carboxylic acids is 2. The maximum Gasteiger partial charge on any atom is 0.251 e. The van der Waals surface area contributed by atoms with Gasteiger partial charge in [0, 0.05) is 29.5 Å². The van der Waals surface area contributed by atoms with E-state index in [1.165, 1.54) is 6.92 Å². The van der Waals surface area contributed by atoms with E-state index in [1.54, 1.807) is 12.1 Å². The van der Waals surface area contributed by atoms with Gasteiger partial charge in [-0.1, -0.05) is 6.07 Å². The average molecular weight is 333 g/mol. The second-order valence-corrected chi connectivity index (χ2v) is 7.69. The Balaban J connectivity index is 1.69. The van der Waals surface area contributed by atoms with E-state index in [9.17, 15) is 9.59 Å². The molecule has 2 aliphatic rings. The third-order valence-electron chi connectivity index (χ3n) is 4.77. The van der Waals surface area contributed by atoms with Crippen LogP contribution in [0.3, 0.4) is 0 Å². The van der Waals surface area contributed by atoms with Gasteiger partial charge in [0.15, 0.2) is 5.78 Å². The Labute approximate surface area is 141 Å². The molecule has 0 aromatic heterocycles. The normalized spacial score (nSPS) is 27.1. The SMILES string of the molecule is CC(=O)c1cc(C(=O)N[C@H]2CCO[C@@]3(CCSC3)C2)ccc1C. The molecule has 0 aliphatic carbocycles. The van der Waals surface area contributed by atoms with Gasteiger partial charge in [-0.3, -0.25) is 9.59 Å². The highest BCUT2D eigenvalue weighted by atomic mass is 32.2. The molecule has 1 spiro atoms. The van der Waals surface area contributed by atoms with Crippen LogP contribution in [-0.4, -0.2) is 41.4 Å². The number of ketones is 1. The maximum atomic E-state index is 12.5. The summed E-state index contributed by atoms with van der Waals surface area (Å²) < 4.78 is 5.99. The minimum absolute atomic E-state index is 0.00912. The summed E-state index contributed by atoms with van der Waals surface area (Å²) in [6.45, 7) is 4.13. The van der Waals surface area contributed by atoms with Crippen LogP contribution in [0.15, 0.2) is 18.2 Å². The molecule has 0 unspecified atom stereocenters. The molecule has 0 radical (unpaired) electrons. The number of carbonyl (C=O) groups is 2. The molecule has 2 atom stereocenters. The van der Waals surface area contributed by atoms with E-state index in [-0.39, 0.29) is 23.3 Å². The fourth-order valence-electron chi connectivity index (χ4n) is 3.43. The number of benzene rings is 1. The molecule has 1 aromatic rings. The second kappa shape index (κ2) is 6.65. The van der Waals surface area contributed by atoms with Gasteiger partial charge in [0.05, 0.1) is 5.60 Å². The van der Waals surface area contributed by atoms with Crippen LogP contribution in [0.2, 0.25) is 0 Å². The average Bonchev–Trinajstić information content (AvgIpc) is 2.95. The van der Waals surface area contributed by atoms with Crippen molar-refractivity contribution in [1.29, 1.82) is 0 Å². The monoisotopic (exact) mass is 333 g/mol. The number of amides is 1. The van der Waals surface area contributed by atoms with E-state index in [0.717, 1.165) is 36.3 Å². The number of thioether (sulfide) groups is 1. The Morgan fingerprint density at radius 2 is 2.22 bits per heavy atom. The quantitative estimate of drug-likeness (QED) is 0.864. The van der Waals surface area contributed by atoms with Gasteiger partial charge < -0.3 is 10.1 Å². The minimum atomic E-state index is -0.0970. The Bertz CT molecular complexity index is 623. The molecule has 1 aromatic carbocycles. The third-order valence-corrected chi connectivity index (χ3v) is 6.00. The van der Waals surface area contributed by atoms with Crippen LogP contribution in [0, 0.1) is 6.92 Å². The number of Topliss-reactive ketones (excluding diaryl/α,β-unsaturated/α-hetero) is 1. The lowest BCUT2D eigenvalue weighted by atomic mass is 9.89. The Morgan fingerprint density at radius 3 is 2.91 bits per heavy atom. The molecular weight excluding hydrogens is 310 g/mol. The molecule has 3 rings (SSSR count). The van der Waals surface area contributed by atoms with Gasteiger partial charge in [0.1, 0.15) is 0 Å². The van der Waals surface area contributed by atoms with E-state index in [4.69, 9.17) is 4.74 Å². The molecule has 2 heterocycles. The van der Waals surface area contributed by atoms with Gasteiger partial charge in [-0.2, -0.15) is 11.8 Å². The summed E-state index contributed by atoms with van der Waals surface area (Å²) >= 11 is 1.93. The Kier molecular flexibility index (Phi) is 4.78. The standard InChI is InChI=1S/C18H23NO3S/c1-12-3-4-14(9-16(12)13(2)20)17(21)19-15-5-7-22-18(10-15)6-8-23-11-18/h3-4,9,15H,5-8,10-11H2,1-2H3,(H,19,21)/t15-,18-/m0/s1. The molecule has 124 valence electrons. The molecule has 5 heteroatoms. The Hall–Kier alpha value is -1.33. The van der Waals surface area contributed by atoms with Gasteiger partial charge in [0.2, 0.25) is 0 Å². The predicted molar refractivity (Wildman–Crippen MR) is 92.3 cm³/mol. The topological polar surface area (TPSA) is 55.4 Å². The van der Waals surface area contributed by atoms with Crippen molar-refractivity contribution < 1.29 is 14.3 Å². The van der Waals surface area contributed by atoms with E-state index in [1.807, 2.05) is 24.8 Å². The molecule has 2 saturated heterocycles. The van der Waals surface area contributed by atoms with Crippen molar-refractivity contribution in [2.45, 2.75) is 44.8 Å². The highest BCUT2D eigenvalue weighted by molar-refractivity contribution is 7.99. The fourth-order valence-corrected chi connectivity index (χ4v) is 4.80. The summed E-state index contributed by atoms with van der Waals surface area (Å²) in [5.74, 6) is 2.06. The number of ether oxygens (including phenoxy) is 1. The summed E-state index contributed by atoms with van der Waals surface area (Å²) in [7, 11) is 0. The lowest BCUT2D eigenvalue weighted by molar-refractivity contribution is -0.0688. The number of hydrogen-bond acceptors (Lipinski definition) is 4. The van der Waals surface area contributed by atoms with Gasteiger partial charge in [-0.15, -0.1) is 0 Å². The number of rotatable bonds is 3. The molecule has 1 N–H and O–H groups in total. The second-order valence-electron chi connectivity index (χ2n) is 6.58. The molecule has 23 heavy (non-hydrogen) atoms. The first-order valence-corrected chi connectivity index (χ1v) is 9.29. The molecule has 2 aliphatic heterocycles. The van der Waals surface area contributed by atoms with Gasteiger partial charge in [-0.05, 0) is 56.6 Å². The van der Waals surface area contributed by atoms with Crippen molar-refractivity contribution in [2.24, 2.45) is 0 Å². The fraction of sp³-hybridized carbons (Fsp3) is 0.556. The summed E-state index contributed by atoms with van der Waals surface area (Å²) in [5, 5.41) is 3.13. The van der Waals surface area contributed by atoms with Crippen LogP contribution in [0.5, 0.6) is 0 Å². The van der Waals surface area contributed by atoms with Gasteiger partial charge in [-0.25, -0.2) is 0 Å². The van der Waals surface area contributed by atoms with E-state index in [2.05, 4.69) is 5.32 Å². The van der Waals surface area contributed by atoms with Crippen LogP contribution < -0.4 is 5.32 Å². The van der Waals surface area contributed by atoms with Gasteiger partial charge in [0.25, 0.3) is 5.91 Å². The first-order chi connectivity index (χ1) is 11.0. The van der Waals surface area contributed by atoms with Crippen molar-refractivity contribution in [1.82, 2.24) is 5.32 Å². The number of hydrogen-bond donors (Lipinski definition) is 1. The summed E-state index contributed by atoms with van der Waals surface area (Å²) in [5.41, 5.74) is 2.04. The van der Waals surface area contributed by atoms with Crippen molar-refractivity contribution in [3.8, 4) is 0 Å². The van der Waals surface area contributed by atoms with Crippen LogP contribution >= 0.6 is 11.8 Å². The molecule has 0 bridgehead atoms. The zero-order chi connectivity index (χ0) is 16.4. The predicted octanol–water partition coefficient (Wildman–Crippen LogP) is 2.98. The van der Waals surface area contributed by atoms with Crippen LogP contribution in [0.25, 0.3) is 0 Å². The van der Waals surface area contributed by atoms with Crippen molar-refractivity contribution in [3.05, 3.63) is 34.9 Å². The highest BCUT2D eigenvalue weighted by Gasteiger charge is 2.40. The summed E-state index contributed by atoms with van der Waals surface area (Å²) in [6.07, 6.45) is 2.81. The first kappa shape index (κ1) is 16.5. The highest BCUT2D eigenvalue weighted by Crippen LogP contribution is 2.38. The van der Waals surface area contributed by atoms with Crippen molar-refractivity contribution in [2.75, 3.05) is 18.1 Å². The number of nitrogens with one attached hydrogen (secondary N) is 1. The number of aryl methyl sites for hydroxylation is 1. The van der Waals surface area contributed by atoms with E-state index in [0.29, 0.717) is 17.7 Å². The molecule has 0 saturated carbocycles. The molecular formula is C18H23NO3S. The largest absolute Gasteiger partial charge is 0.374 e. The van der Waals surface area contributed by atoms with E-state index >= 15 is 0 Å². The van der Waals surface area contributed by atoms with E-state index < -0.39 is 0 Å². The smallest absolute Gasteiger partial charge is 0.251 e. The minimum Gasteiger partial charge on any atom is -0.374 e. The Morgan fingerprint density at radius 1 is 1.39 bits per heavy atom. The lowest BCUT2D eigenvalue weighted by Crippen LogP contribution is -2.48. The zero-order valence-corrected chi connectivity index (χ0v) is 14.5. The molecule has 4 nitrogen and oxygen atoms in total. The van der Waals surface area contributed by atoms with Crippen LogP contribution in [-0.2, 0) is 4.74 Å². The van der Waals surface area contributed by atoms with Crippen molar-refractivity contribution >= 4 is 23.5 Å². The third kappa shape index (κ3) is 3.61. The van der Waals surface area contributed by atoms with Crippen LogP contribution in [0.1, 0.15) is 52.5 Å². The molecule has 1 amide bonds. The van der Waals surface area contributed by atoms with Crippen LogP contribution in [0.4, 0.5) is 0 Å². The first-order valence-electron chi connectivity index (χ1n) is 8.13. The molecule has 2 fully saturated rings. The van der Waals surface area contributed by atoms with Gasteiger partial charge >= 0.3 is 0 Å². The summed E-state index contributed by atoms with van der Waals surface area (Å²) in [6, 6.07) is 5.48. The lowest BCUT2D eigenvalue weighted by Gasteiger charge is -2.38. The zero-order valence-electron chi connectivity index (χ0n) is 13.7. The van der Waals surface area contributed by atoms with Crippen molar-refractivity contribution in [3.63, 3.8) is 0 Å². The maximum absolute atomic E-state index is 12.5. The summed E-state index contributed by atoms with van der Waals surface area (Å²) in [4.78, 5) is 24.2.